The number of hydrogen-bond acceptors (Lipinski definition) is 2. The lowest BCUT2D eigenvalue weighted by Gasteiger charge is -2.38. The zero-order valence-electron chi connectivity index (χ0n) is 11.0. The van der Waals surface area contributed by atoms with E-state index in [0.29, 0.717) is 18.0 Å². The molecule has 1 N–H and O–H groups in total. The maximum absolute atomic E-state index is 6.04. The molecule has 1 atom stereocenters. The van der Waals surface area contributed by atoms with Gasteiger partial charge in [0.15, 0.2) is 0 Å². The van der Waals surface area contributed by atoms with Gasteiger partial charge in [-0.15, -0.1) is 11.3 Å². The molecule has 0 bridgehead atoms. The van der Waals surface area contributed by atoms with E-state index in [2.05, 4.69) is 41.9 Å². The summed E-state index contributed by atoms with van der Waals surface area (Å²) in [4.78, 5) is 1.42. The van der Waals surface area contributed by atoms with Crippen LogP contribution in [-0.2, 0) is 0 Å². The standard InChI is InChI=1S/C16H18ClNS/c1-11(16-6-3-7-19-16)18-15-9-13(10-15)12-4-2-5-14(17)8-12/h2-8,11,13,15,18H,9-10H2,1H3. The topological polar surface area (TPSA) is 12.0 Å². The molecule has 1 fully saturated rings. The maximum atomic E-state index is 6.04. The fourth-order valence-electron chi connectivity index (χ4n) is 2.76. The Morgan fingerprint density at radius 1 is 1.26 bits per heavy atom. The molecule has 1 unspecified atom stereocenters. The van der Waals surface area contributed by atoms with Crippen molar-refractivity contribution in [3.05, 3.63) is 57.2 Å². The average molecular weight is 292 g/mol. The normalized spacial score (nSPS) is 23.9. The first-order chi connectivity index (χ1) is 9.22. The van der Waals surface area contributed by atoms with Gasteiger partial charge in [0, 0.05) is 22.0 Å². The van der Waals surface area contributed by atoms with Crippen LogP contribution in [0.2, 0.25) is 5.02 Å². The summed E-state index contributed by atoms with van der Waals surface area (Å²) in [6.07, 6.45) is 2.44. The Labute approximate surface area is 123 Å². The van der Waals surface area contributed by atoms with Gasteiger partial charge in [-0.1, -0.05) is 29.8 Å². The van der Waals surface area contributed by atoms with Crippen LogP contribution in [0.15, 0.2) is 41.8 Å². The third kappa shape index (κ3) is 3.02. The molecule has 2 aromatic rings. The number of rotatable bonds is 4. The van der Waals surface area contributed by atoms with Gasteiger partial charge >= 0.3 is 0 Å². The lowest BCUT2D eigenvalue weighted by Crippen LogP contribution is -2.41. The Bertz CT molecular complexity index is 531. The minimum absolute atomic E-state index is 0.463. The third-order valence-corrected chi connectivity index (χ3v) is 5.20. The van der Waals surface area contributed by atoms with E-state index in [1.807, 2.05) is 23.5 Å². The van der Waals surface area contributed by atoms with E-state index in [9.17, 15) is 0 Å². The SMILES string of the molecule is CC(NC1CC(c2cccc(Cl)c2)C1)c1cccs1. The molecule has 1 heterocycles. The van der Waals surface area contributed by atoms with Crippen molar-refractivity contribution in [2.24, 2.45) is 0 Å². The largest absolute Gasteiger partial charge is 0.307 e. The van der Waals surface area contributed by atoms with Gasteiger partial charge < -0.3 is 5.32 Å². The van der Waals surface area contributed by atoms with Gasteiger partial charge in [0.1, 0.15) is 0 Å². The van der Waals surface area contributed by atoms with Gasteiger partial charge in [-0.3, -0.25) is 0 Å². The number of benzene rings is 1. The first-order valence-electron chi connectivity index (χ1n) is 6.77. The fraction of sp³-hybridized carbons (Fsp3) is 0.375. The Kier molecular flexibility index (Phi) is 3.92. The molecule has 0 spiro atoms. The van der Waals surface area contributed by atoms with E-state index in [4.69, 9.17) is 11.6 Å². The molecule has 0 aliphatic heterocycles. The zero-order chi connectivity index (χ0) is 13.2. The molecule has 1 aliphatic rings. The molecule has 1 aliphatic carbocycles. The van der Waals surface area contributed by atoms with Crippen LogP contribution in [0.5, 0.6) is 0 Å². The summed E-state index contributed by atoms with van der Waals surface area (Å²) >= 11 is 7.87. The number of hydrogen-bond donors (Lipinski definition) is 1. The first kappa shape index (κ1) is 13.2. The predicted molar refractivity (Wildman–Crippen MR) is 83.1 cm³/mol. The maximum Gasteiger partial charge on any atom is 0.0408 e. The van der Waals surface area contributed by atoms with Crippen molar-refractivity contribution in [1.29, 1.82) is 0 Å². The average Bonchev–Trinajstić information content (AvgIpc) is 2.86. The number of thiophene rings is 1. The Morgan fingerprint density at radius 3 is 2.79 bits per heavy atom. The molecule has 100 valence electrons. The lowest BCUT2D eigenvalue weighted by atomic mass is 9.75. The summed E-state index contributed by atoms with van der Waals surface area (Å²) < 4.78 is 0. The van der Waals surface area contributed by atoms with E-state index >= 15 is 0 Å². The van der Waals surface area contributed by atoms with Crippen molar-refractivity contribution in [2.75, 3.05) is 0 Å². The molecule has 19 heavy (non-hydrogen) atoms. The number of halogens is 1. The summed E-state index contributed by atoms with van der Waals surface area (Å²) in [5.41, 5.74) is 1.38. The fourth-order valence-corrected chi connectivity index (χ4v) is 3.70. The second-order valence-electron chi connectivity index (χ2n) is 5.32. The quantitative estimate of drug-likeness (QED) is 0.836. The Hall–Kier alpha value is -0.830. The van der Waals surface area contributed by atoms with Crippen LogP contribution in [0.25, 0.3) is 0 Å². The van der Waals surface area contributed by atoms with Crippen LogP contribution in [0.4, 0.5) is 0 Å². The van der Waals surface area contributed by atoms with Gasteiger partial charge in [0.2, 0.25) is 0 Å². The Morgan fingerprint density at radius 2 is 2.11 bits per heavy atom. The monoisotopic (exact) mass is 291 g/mol. The molecule has 0 saturated heterocycles. The highest BCUT2D eigenvalue weighted by molar-refractivity contribution is 7.10. The van der Waals surface area contributed by atoms with E-state index in [0.717, 1.165) is 5.02 Å². The number of nitrogens with one attached hydrogen (secondary N) is 1. The van der Waals surface area contributed by atoms with E-state index < -0.39 is 0 Å². The Balaban J connectivity index is 1.53. The lowest BCUT2D eigenvalue weighted by molar-refractivity contribution is 0.272. The van der Waals surface area contributed by atoms with Crippen LogP contribution in [0, 0.1) is 0 Å². The zero-order valence-corrected chi connectivity index (χ0v) is 12.5. The van der Waals surface area contributed by atoms with Gasteiger partial charge in [0.25, 0.3) is 0 Å². The highest BCUT2D eigenvalue weighted by Crippen LogP contribution is 2.38. The van der Waals surface area contributed by atoms with Gasteiger partial charge in [-0.25, -0.2) is 0 Å². The molecule has 0 amide bonds. The highest BCUT2D eigenvalue weighted by atomic mass is 35.5. The summed E-state index contributed by atoms with van der Waals surface area (Å²) in [5.74, 6) is 0.673. The molecule has 3 rings (SSSR count). The molecule has 0 radical (unpaired) electrons. The van der Waals surface area contributed by atoms with Crippen molar-refractivity contribution in [3.63, 3.8) is 0 Å². The second-order valence-corrected chi connectivity index (χ2v) is 6.74. The van der Waals surface area contributed by atoms with Crippen LogP contribution < -0.4 is 5.32 Å². The van der Waals surface area contributed by atoms with Crippen molar-refractivity contribution < 1.29 is 0 Å². The first-order valence-corrected chi connectivity index (χ1v) is 8.03. The summed E-state index contributed by atoms with van der Waals surface area (Å²) in [7, 11) is 0. The molecular weight excluding hydrogens is 274 g/mol. The molecular formula is C16H18ClNS. The van der Waals surface area contributed by atoms with Crippen LogP contribution in [0.1, 0.15) is 42.2 Å². The van der Waals surface area contributed by atoms with Crippen molar-refractivity contribution in [1.82, 2.24) is 5.32 Å². The summed E-state index contributed by atoms with van der Waals surface area (Å²) in [6.45, 7) is 2.25. The van der Waals surface area contributed by atoms with Crippen molar-refractivity contribution in [2.45, 2.75) is 37.8 Å². The van der Waals surface area contributed by atoms with E-state index in [-0.39, 0.29) is 0 Å². The molecule has 1 nitrogen and oxygen atoms in total. The van der Waals surface area contributed by atoms with Crippen LogP contribution >= 0.6 is 22.9 Å². The van der Waals surface area contributed by atoms with Gasteiger partial charge in [-0.05, 0) is 54.8 Å². The molecule has 3 heteroatoms. The van der Waals surface area contributed by atoms with E-state index in [1.165, 1.54) is 23.3 Å². The highest BCUT2D eigenvalue weighted by Gasteiger charge is 2.31. The van der Waals surface area contributed by atoms with Crippen molar-refractivity contribution >= 4 is 22.9 Å². The minimum Gasteiger partial charge on any atom is -0.307 e. The molecule has 1 aromatic heterocycles. The molecule has 1 aromatic carbocycles. The van der Waals surface area contributed by atoms with Crippen LogP contribution in [0.3, 0.4) is 0 Å². The van der Waals surface area contributed by atoms with Gasteiger partial charge in [-0.2, -0.15) is 0 Å². The molecule has 1 saturated carbocycles. The summed E-state index contributed by atoms with van der Waals surface area (Å²) in [5, 5.41) is 6.70. The predicted octanol–water partition coefficient (Wildman–Crippen LogP) is 5.00. The third-order valence-electron chi connectivity index (χ3n) is 3.91. The minimum atomic E-state index is 0.463. The van der Waals surface area contributed by atoms with Crippen LogP contribution in [-0.4, -0.2) is 6.04 Å². The summed E-state index contributed by atoms with van der Waals surface area (Å²) in [6, 6.07) is 13.7. The second kappa shape index (κ2) is 5.66. The van der Waals surface area contributed by atoms with Crippen molar-refractivity contribution in [3.8, 4) is 0 Å². The van der Waals surface area contributed by atoms with Gasteiger partial charge in [0.05, 0.1) is 0 Å². The van der Waals surface area contributed by atoms with E-state index in [1.54, 1.807) is 0 Å². The smallest absolute Gasteiger partial charge is 0.0408 e.